The van der Waals surface area contributed by atoms with Gasteiger partial charge >= 0.3 is 5.69 Å². The second kappa shape index (κ2) is 6.60. The Bertz CT molecular complexity index is 944. The molecule has 0 fully saturated rings. The van der Waals surface area contributed by atoms with E-state index in [-0.39, 0.29) is 11.1 Å². The number of rotatable bonds is 3. The summed E-state index contributed by atoms with van der Waals surface area (Å²) in [6.07, 6.45) is -0.209. The summed E-state index contributed by atoms with van der Waals surface area (Å²) in [5.41, 5.74) is -1.41. The van der Waals surface area contributed by atoms with E-state index >= 15 is 0 Å². The first kappa shape index (κ1) is 17.0. The van der Waals surface area contributed by atoms with Crippen molar-refractivity contribution >= 4 is 5.91 Å². The molecule has 0 saturated heterocycles. The lowest BCUT2D eigenvalue weighted by Gasteiger charge is -2.20. The molecule has 1 aromatic carbocycles. The van der Waals surface area contributed by atoms with Crippen LogP contribution in [0.4, 0.5) is 0 Å². The van der Waals surface area contributed by atoms with Crippen molar-refractivity contribution in [2.45, 2.75) is 18.2 Å². The van der Waals surface area contributed by atoms with Crippen LogP contribution in [0.2, 0.25) is 0 Å². The highest BCUT2D eigenvalue weighted by Gasteiger charge is 2.36. The summed E-state index contributed by atoms with van der Waals surface area (Å²) in [4.78, 5) is 37.2. The van der Waals surface area contributed by atoms with Crippen LogP contribution < -0.4 is 11.2 Å². The SMILES string of the molecule is O=C(c1ccccc1)n1c(=O)ccn([C@@H]2C=C(CO)[C@@H](O)[C@H]2O)c1=O. The molecule has 1 aromatic heterocycles. The quantitative estimate of drug-likeness (QED) is 0.607. The molecule has 1 aliphatic rings. The third-order valence-electron chi connectivity index (χ3n) is 4.18. The van der Waals surface area contributed by atoms with Gasteiger partial charge in [0, 0.05) is 17.8 Å². The molecule has 130 valence electrons. The lowest BCUT2D eigenvalue weighted by Crippen LogP contribution is -2.45. The zero-order chi connectivity index (χ0) is 18.1. The minimum absolute atomic E-state index is 0.163. The first-order chi connectivity index (χ1) is 12.0. The van der Waals surface area contributed by atoms with Gasteiger partial charge in [-0.1, -0.05) is 24.3 Å². The summed E-state index contributed by atoms with van der Waals surface area (Å²) in [5, 5.41) is 29.2. The van der Waals surface area contributed by atoms with Gasteiger partial charge in [-0.2, -0.15) is 4.57 Å². The van der Waals surface area contributed by atoms with E-state index in [1.165, 1.54) is 18.2 Å². The molecule has 0 spiro atoms. The van der Waals surface area contributed by atoms with Crippen molar-refractivity contribution < 1.29 is 20.1 Å². The van der Waals surface area contributed by atoms with E-state index in [1.807, 2.05) is 0 Å². The molecular weight excluding hydrogens is 328 g/mol. The van der Waals surface area contributed by atoms with Crippen molar-refractivity contribution in [3.8, 4) is 0 Å². The Kier molecular flexibility index (Phi) is 4.49. The van der Waals surface area contributed by atoms with Crippen molar-refractivity contribution in [1.82, 2.24) is 9.13 Å². The zero-order valence-corrected chi connectivity index (χ0v) is 13.0. The summed E-state index contributed by atoms with van der Waals surface area (Å²) in [7, 11) is 0. The molecule has 0 unspecified atom stereocenters. The molecule has 3 rings (SSSR count). The average molecular weight is 344 g/mol. The van der Waals surface area contributed by atoms with Gasteiger partial charge in [0.2, 0.25) is 0 Å². The minimum atomic E-state index is -1.38. The second-order valence-electron chi connectivity index (χ2n) is 5.68. The van der Waals surface area contributed by atoms with E-state index in [9.17, 15) is 29.7 Å². The fourth-order valence-electron chi connectivity index (χ4n) is 2.83. The lowest BCUT2D eigenvalue weighted by atomic mass is 10.1. The first-order valence-electron chi connectivity index (χ1n) is 7.57. The Morgan fingerprint density at radius 3 is 2.36 bits per heavy atom. The van der Waals surface area contributed by atoms with Crippen LogP contribution in [0.3, 0.4) is 0 Å². The summed E-state index contributed by atoms with van der Waals surface area (Å²) in [5.74, 6) is -0.788. The molecule has 25 heavy (non-hydrogen) atoms. The number of hydrogen-bond donors (Lipinski definition) is 3. The number of hydrogen-bond acceptors (Lipinski definition) is 6. The van der Waals surface area contributed by atoms with E-state index in [0.29, 0.717) is 4.57 Å². The average Bonchev–Trinajstić information content (AvgIpc) is 2.90. The van der Waals surface area contributed by atoms with Crippen LogP contribution in [0.15, 0.2) is 63.8 Å². The van der Waals surface area contributed by atoms with E-state index in [1.54, 1.807) is 18.2 Å². The van der Waals surface area contributed by atoms with Gasteiger partial charge in [-0.3, -0.25) is 14.2 Å². The third kappa shape index (κ3) is 2.86. The van der Waals surface area contributed by atoms with Crippen molar-refractivity contribution in [2.24, 2.45) is 0 Å². The van der Waals surface area contributed by atoms with Gasteiger partial charge in [0.15, 0.2) is 0 Å². The topological polar surface area (TPSA) is 122 Å². The molecule has 1 aliphatic carbocycles. The normalized spacial score (nSPS) is 22.7. The smallest absolute Gasteiger partial charge is 0.338 e. The standard InChI is InChI=1S/C17H16N2O6/c20-9-11-8-12(15(23)14(11)22)18-7-6-13(21)19(17(18)25)16(24)10-4-2-1-3-5-10/h1-8,12,14-15,20,22-23H,9H2/t12-,14-,15+/m1/s1. The Morgan fingerprint density at radius 1 is 1.08 bits per heavy atom. The Labute approximate surface area is 141 Å². The molecule has 3 N–H and O–H groups in total. The van der Waals surface area contributed by atoms with Gasteiger partial charge in [-0.25, -0.2) is 4.79 Å². The van der Waals surface area contributed by atoms with Gasteiger partial charge in [0.25, 0.3) is 11.5 Å². The number of carbonyl (C=O) groups is 1. The minimum Gasteiger partial charge on any atom is -0.392 e. The van der Waals surface area contributed by atoms with Gasteiger partial charge in [-0.05, 0) is 17.7 Å². The number of nitrogens with zero attached hydrogens (tertiary/aromatic N) is 2. The van der Waals surface area contributed by atoms with E-state index < -0.39 is 42.0 Å². The largest absolute Gasteiger partial charge is 0.392 e. The fraction of sp³-hybridized carbons (Fsp3) is 0.235. The fourth-order valence-corrected chi connectivity index (χ4v) is 2.83. The third-order valence-corrected chi connectivity index (χ3v) is 4.18. The van der Waals surface area contributed by atoms with E-state index in [2.05, 4.69) is 0 Å². The number of aliphatic hydroxyl groups excluding tert-OH is 3. The Hall–Kier alpha value is -2.81. The van der Waals surface area contributed by atoms with Crippen molar-refractivity contribution in [1.29, 1.82) is 0 Å². The molecule has 0 aliphatic heterocycles. The molecule has 8 nitrogen and oxygen atoms in total. The molecule has 0 saturated carbocycles. The monoisotopic (exact) mass is 344 g/mol. The molecule has 2 aromatic rings. The summed E-state index contributed by atoms with van der Waals surface area (Å²) in [6.45, 7) is -0.480. The number of aromatic nitrogens is 2. The molecule has 3 atom stereocenters. The van der Waals surface area contributed by atoms with Gasteiger partial charge in [0.1, 0.15) is 12.2 Å². The Balaban J connectivity index is 2.11. The van der Waals surface area contributed by atoms with Crippen LogP contribution in [-0.4, -0.2) is 49.2 Å². The number of carbonyl (C=O) groups excluding carboxylic acids is 1. The maximum atomic E-state index is 12.7. The van der Waals surface area contributed by atoms with Crippen LogP contribution in [0.1, 0.15) is 16.4 Å². The number of benzene rings is 1. The van der Waals surface area contributed by atoms with Crippen LogP contribution in [-0.2, 0) is 0 Å². The highest BCUT2D eigenvalue weighted by molar-refractivity contribution is 5.95. The maximum absolute atomic E-state index is 12.7. The predicted molar refractivity (Wildman–Crippen MR) is 87.4 cm³/mol. The Morgan fingerprint density at radius 2 is 1.76 bits per heavy atom. The highest BCUT2D eigenvalue weighted by Crippen LogP contribution is 2.27. The van der Waals surface area contributed by atoms with E-state index in [0.717, 1.165) is 16.8 Å². The molecule has 0 bridgehead atoms. The summed E-state index contributed by atoms with van der Waals surface area (Å²) in [6, 6.07) is 7.89. The van der Waals surface area contributed by atoms with Crippen LogP contribution in [0, 0.1) is 0 Å². The molecule has 0 amide bonds. The maximum Gasteiger partial charge on any atom is 0.338 e. The van der Waals surface area contributed by atoms with E-state index in [4.69, 9.17) is 0 Å². The zero-order valence-electron chi connectivity index (χ0n) is 13.0. The molecule has 1 heterocycles. The summed E-state index contributed by atoms with van der Waals surface area (Å²) >= 11 is 0. The van der Waals surface area contributed by atoms with Crippen LogP contribution in [0.25, 0.3) is 0 Å². The van der Waals surface area contributed by atoms with Crippen molar-refractivity contribution in [2.75, 3.05) is 6.61 Å². The summed E-state index contributed by atoms with van der Waals surface area (Å²) < 4.78 is 1.46. The van der Waals surface area contributed by atoms with Crippen molar-refractivity contribution in [3.05, 3.63) is 80.6 Å². The van der Waals surface area contributed by atoms with Gasteiger partial charge in [-0.15, -0.1) is 0 Å². The second-order valence-corrected chi connectivity index (χ2v) is 5.68. The van der Waals surface area contributed by atoms with Gasteiger partial charge < -0.3 is 15.3 Å². The van der Waals surface area contributed by atoms with Crippen LogP contribution >= 0.6 is 0 Å². The van der Waals surface area contributed by atoms with Crippen molar-refractivity contribution in [3.63, 3.8) is 0 Å². The highest BCUT2D eigenvalue weighted by atomic mass is 16.3. The first-order valence-corrected chi connectivity index (χ1v) is 7.57. The number of aliphatic hydroxyl groups is 3. The van der Waals surface area contributed by atoms with Crippen LogP contribution in [0.5, 0.6) is 0 Å². The predicted octanol–water partition coefficient (Wildman–Crippen LogP) is -1.11. The van der Waals surface area contributed by atoms with Gasteiger partial charge in [0.05, 0.1) is 12.6 Å². The molecule has 8 heteroatoms. The molecule has 0 radical (unpaired) electrons. The lowest BCUT2D eigenvalue weighted by molar-refractivity contribution is 0.0268. The molecular formula is C17H16N2O6.